The zero-order valence-electron chi connectivity index (χ0n) is 17.3. The number of likely N-dealkylation sites (tertiary alicyclic amines) is 1. The van der Waals surface area contributed by atoms with Gasteiger partial charge in [0.25, 0.3) is 0 Å². The van der Waals surface area contributed by atoms with Gasteiger partial charge in [-0.15, -0.1) is 0 Å². The average molecular weight is 440 g/mol. The summed E-state index contributed by atoms with van der Waals surface area (Å²) in [6, 6.07) is 10.4. The van der Waals surface area contributed by atoms with Gasteiger partial charge in [0.2, 0.25) is 5.91 Å². The number of aromatic amines is 1. The summed E-state index contributed by atoms with van der Waals surface area (Å²) >= 11 is 0. The van der Waals surface area contributed by atoms with Crippen LogP contribution >= 0.6 is 0 Å². The molecule has 1 aliphatic rings. The van der Waals surface area contributed by atoms with Gasteiger partial charge in [-0.05, 0) is 43.2 Å². The third kappa shape index (κ3) is 4.61. The lowest BCUT2D eigenvalue weighted by molar-refractivity contribution is -0.129. The van der Waals surface area contributed by atoms with Crippen LogP contribution in [0.1, 0.15) is 30.0 Å². The van der Waals surface area contributed by atoms with Crippen molar-refractivity contribution in [1.82, 2.24) is 20.1 Å². The Balaban J connectivity index is 1.40. The number of pyridine rings is 1. The van der Waals surface area contributed by atoms with E-state index in [0.717, 1.165) is 28.8 Å². The predicted octanol–water partition coefficient (Wildman–Crippen LogP) is 2.54. The topological polar surface area (TPSA) is 122 Å². The van der Waals surface area contributed by atoms with Crippen LogP contribution < -0.4 is 5.73 Å². The zero-order valence-corrected chi connectivity index (χ0v) is 18.1. The summed E-state index contributed by atoms with van der Waals surface area (Å²) in [4.78, 5) is 18.7. The second kappa shape index (κ2) is 8.50. The summed E-state index contributed by atoms with van der Waals surface area (Å²) in [7, 11) is -3.49. The van der Waals surface area contributed by atoms with Crippen LogP contribution in [-0.2, 0) is 14.6 Å². The van der Waals surface area contributed by atoms with E-state index >= 15 is 0 Å². The summed E-state index contributed by atoms with van der Waals surface area (Å²) in [5.41, 5.74) is 9.61. The van der Waals surface area contributed by atoms with Crippen LogP contribution in [-0.4, -0.2) is 53.2 Å². The Labute approximate surface area is 181 Å². The number of nitrogens with zero attached hydrogens (tertiary/aromatic N) is 3. The molecule has 1 aromatic carbocycles. The molecule has 1 fully saturated rings. The minimum atomic E-state index is -3.49. The number of nitrogens with one attached hydrogen (secondary N) is 1. The molecule has 3 N–H and O–H groups in total. The fourth-order valence-corrected chi connectivity index (χ4v) is 5.15. The lowest BCUT2D eigenvalue weighted by Crippen LogP contribution is -2.30. The van der Waals surface area contributed by atoms with Crippen LogP contribution in [0.25, 0.3) is 11.1 Å². The molecule has 3 heterocycles. The largest absolute Gasteiger partial charge is 0.384 e. The predicted molar refractivity (Wildman–Crippen MR) is 118 cm³/mol. The van der Waals surface area contributed by atoms with Gasteiger partial charge in [0, 0.05) is 42.9 Å². The van der Waals surface area contributed by atoms with E-state index in [1.54, 1.807) is 47.6 Å². The number of nitrogens with two attached hydrogens (primary N) is 1. The molecule has 0 aliphatic carbocycles. The standard InChI is InChI=1S/C22H25N5O3S/c1-15-2-4-18(5-3-15)31(29,30)11-8-21(28)27-10-7-17(14-27)22-19(13-25-26-22)16-6-9-24-20(23)12-16/h2-6,9,12-13,17H,7-8,10-11,14H2,1H3,(H2,23,24)(H,25,26)/t17-/m1/s1. The van der Waals surface area contributed by atoms with E-state index in [1.165, 1.54) is 0 Å². The molecule has 162 valence electrons. The summed E-state index contributed by atoms with van der Waals surface area (Å²) in [6.07, 6.45) is 4.16. The third-order valence-electron chi connectivity index (χ3n) is 5.67. The number of carbonyl (C=O) groups is 1. The van der Waals surface area contributed by atoms with Crippen molar-refractivity contribution in [2.75, 3.05) is 24.6 Å². The van der Waals surface area contributed by atoms with Crippen molar-refractivity contribution < 1.29 is 13.2 Å². The Hall–Kier alpha value is -3.20. The number of aryl methyl sites for hydroxylation is 1. The molecule has 0 saturated carbocycles. The molecular weight excluding hydrogens is 414 g/mol. The number of aromatic nitrogens is 3. The van der Waals surface area contributed by atoms with Crippen molar-refractivity contribution in [2.45, 2.75) is 30.6 Å². The molecule has 1 saturated heterocycles. The molecule has 0 unspecified atom stereocenters. The van der Waals surface area contributed by atoms with Gasteiger partial charge >= 0.3 is 0 Å². The fourth-order valence-electron chi connectivity index (χ4n) is 3.92. The molecule has 3 aromatic rings. The first-order chi connectivity index (χ1) is 14.8. The van der Waals surface area contributed by atoms with E-state index in [2.05, 4.69) is 15.2 Å². The molecule has 31 heavy (non-hydrogen) atoms. The van der Waals surface area contributed by atoms with Gasteiger partial charge in [-0.3, -0.25) is 9.89 Å². The number of benzene rings is 1. The van der Waals surface area contributed by atoms with Gasteiger partial charge in [-0.25, -0.2) is 13.4 Å². The quantitative estimate of drug-likeness (QED) is 0.609. The molecule has 1 amide bonds. The number of hydrogen-bond acceptors (Lipinski definition) is 6. The van der Waals surface area contributed by atoms with Gasteiger partial charge in [0.05, 0.1) is 16.8 Å². The van der Waals surface area contributed by atoms with Crippen molar-refractivity contribution >= 4 is 21.6 Å². The van der Waals surface area contributed by atoms with Crippen molar-refractivity contribution in [3.05, 3.63) is 60.0 Å². The smallest absolute Gasteiger partial charge is 0.223 e. The number of amides is 1. The lowest BCUT2D eigenvalue weighted by Gasteiger charge is -2.17. The minimum Gasteiger partial charge on any atom is -0.384 e. The maximum Gasteiger partial charge on any atom is 0.223 e. The Bertz CT molecular complexity index is 1190. The molecule has 8 nitrogen and oxygen atoms in total. The van der Waals surface area contributed by atoms with Gasteiger partial charge in [-0.2, -0.15) is 5.10 Å². The van der Waals surface area contributed by atoms with Crippen LogP contribution in [0, 0.1) is 6.92 Å². The van der Waals surface area contributed by atoms with Crippen molar-refractivity contribution in [3.63, 3.8) is 0 Å². The molecule has 2 aromatic heterocycles. The Morgan fingerprint density at radius 3 is 2.77 bits per heavy atom. The Morgan fingerprint density at radius 2 is 2.03 bits per heavy atom. The van der Waals surface area contributed by atoms with Crippen molar-refractivity contribution in [1.29, 1.82) is 0 Å². The first-order valence-electron chi connectivity index (χ1n) is 10.2. The van der Waals surface area contributed by atoms with Crippen LogP contribution in [0.2, 0.25) is 0 Å². The fraction of sp³-hybridized carbons (Fsp3) is 0.318. The molecule has 1 aliphatic heterocycles. The molecule has 4 rings (SSSR count). The number of nitrogen functional groups attached to an aromatic ring is 1. The summed E-state index contributed by atoms with van der Waals surface area (Å²) in [5.74, 6) is 0.196. The second-order valence-electron chi connectivity index (χ2n) is 7.87. The number of carbonyl (C=O) groups excluding carboxylic acids is 1. The monoisotopic (exact) mass is 439 g/mol. The summed E-state index contributed by atoms with van der Waals surface area (Å²) in [6.45, 7) is 3.02. The maximum atomic E-state index is 12.7. The first kappa shape index (κ1) is 21.0. The summed E-state index contributed by atoms with van der Waals surface area (Å²) < 4.78 is 25.1. The van der Waals surface area contributed by atoms with E-state index in [1.807, 2.05) is 13.0 Å². The molecule has 0 bridgehead atoms. The van der Waals surface area contributed by atoms with Crippen LogP contribution in [0.15, 0.2) is 53.7 Å². The van der Waals surface area contributed by atoms with E-state index < -0.39 is 9.84 Å². The van der Waals surface area contributed by atoms with Crippen LogP contribution in [0.4, 0.5) is 5.82 Å². The van der Waals surface area contributed by atoms with E-state index in [0.29, 0.717) is 18.9 Å². The van der Waals surface area contributed by atoms with Gasteiger partial charge in [0.1, 0.15) is 5.82 Å². The molecule has 9 heteroatoms. The van der Waals surface area contributed by atoms with E-state index in [9.17, 15) is 13.2 Å². The molecular formula is C22H25N5O3S. The SMILES string of the molecule is Cc1ccc(S(=O)(=O)CCC(=O)N2CC[C@@H](c3[nH]ncc3-c3ccnc(N)c3)C2)cc1. The van der Waals surface area contributed by atoms with E-state index in [4.69, 9.17) is 5.73 Å². The molecule has 1 atom stereocenters. The van der Waals surface area contributed by atoms with Gasteiger partial charge in [-0.1, -0.05) is 17.7 Å². The van der Waals surface area contributed by atoms with Crippen molar-refractivity contribution in [3.8, 4) is 11.1 Å². The van der Waals surface area contributed by atoms with Gasteiger partial charge < -0.3 is 10.6 Å². The van der Waals surface area contributed by atoms with Crippen LogP contribution in [0.3, 0.4) is 0 Å². The zero-order chi connectivity index (χ0) is 22.0. The maximum absolute atomic E-state index is 12.7. The lowest BCUT2D eigenvalue weighted by atomic mass is 9.97. The highest BCUT2D eigenvalue weighted by atomic mass is 32.2. The highest BCUT2D eigenvalue weighted by molar-refractivity contribution is 7.91. The number of rotatable bonds is 6. The van der Waals surface area contributed by atoms with E-state index in [-0.39, 0.29) is 28.9 Å². The number of sulfone groups is 1. The van der Waals surface area contributed by atoms with Gasteiger partial charge in [0.15, 0.2) is 9.84 Å². The highest BCUT2D eigenvalue weighted by Crippen LogP contribution is 2.33. The Morgan fingerprint density at radius 1 is 1.26 bits per heavy atom. The normalized spacial score (nSPS) is 16.5. The number of H-pyrrole nitrogens is 1. The number of hydrogen-bond donors (Lipinski definition) is 2. The minimum absolute atomic E-state index is 0.0281. The van der Waals surface area contributed by atoms with Crippen LogP contribution in [0.5, 0.6) is 0 Å². The highest BCUT2D eigenvalue weighted by Gasteiger charge is 2.30. The molecule has 0 radical (unpaired) electrons. The average Bonchev–Trinajstić information content (AvgIpc) is 3.42. The number of anilines is 1. The summed E-state index contributed by atoms with van der Waals surface area (Å²) in [5, 5.41) is 7.24. The molecule has 0 spiro atoms. The Kier molecular flexibility index (Phi) is 5.77. The third-order valence-corrected chi connectivity index (χ3v) is 7.41. The first-order valence-corrected chi connectivity index (χ1v) is 11.8. The van der Waals surface area contributed by atoms with Crippen molar-refractivity contribution in [2.24, 2.45) is 0 Å². The second-order valence-corrected chi connectivity index (χ2v) is 9.98.